The lowest BCUT2D eigenvalue weighted by molar-refractivity contribution is 0.0812. The summed E-state index contributed by atoms with van der Waals surface area (Å²) in [5.74, 6) is 0.589. The molecule has 0 radical (unpaired) electrons. The molecule has 1 aromatic heterocycles. The molecule has 1 atom stereocenters. The van der Waals surface area contributed by atoms with Gasteiger partial charge in [-0.3, -0.25) is 9.69 Å². The van der Waals surface area contributed by atoms with E-state index in [0.717, 1.165) is 13.0 Å². The van der Waals surface area contributed by atoms with Crippen LogP contribution < -0.4 is 0 Å². The monoisotopic (exact) mass is 221 g/mol. The molecule has 2 rings (SSSR count). The van der Waals surface area contributed by atoms with Gasteiger partial charge in [0.05, 0.1) is 12.8 Å². The zero-order valence-electron chi connectivity index (χ0n) is 9.82. The van der Waals surface area contributed by atoms with Gasteiger partial charge >= 0.3 is 0 Å². The van der Waals surface area contributed by atoms with E-state index in [1.54, 1.807) is 18.4 Å². The van der Waals surface area contributed by atoms with Crippen LogP contribution in [-0.2, 0) is 0 Å². The number of ketones is 1. The molecule has 1 aromatic rings. The summed E-state index contributed by atoms with van der Waals surface area (Å²) in [6, 6.07) is 4.08. The van der Waals surface area contributed by atoms with Crippen molar-refractivity contribution in [2.45, 2.75) is 38.6 Å². The van der Waals surface area contributed by atoms with Crippen LogP contribution in [0.5, 0.6) is 0 Å². The Bertz CT molecular complexity index is 332. The molecule has 2 heterocycles. The third-order valence-electron chi connectivity index (χ3n) is 3.36. The Kier molecular flexibility index (Phi) is 3.78. The highest BCUT2D eigenvalue weighted by Crippen LogP contribution is 2.19. The predicted octanol–water partition coefficient (Wildman–Crippen LogP) is 2.73. The van der Waals surface area contributed by atoms with Gasteiger partial charge in [-0.25, -0.2) is 0 Å². The summed E-state index contributed by atoms with van der Waals surface area (Å²) in [4.78, 5) is 14.2. The number of piperidine rings is 1. The van der Waals surface area contributed by atoms with Crippen molar-refractivity contribution in [1.82, 2.24) is 4.90 Å². The molecule has 0 aromatic carbocycles. The minimum absolute atomic E-state index is 0.102. The lowest BCUT2D eigenvalue weighted by Crippen LogP contribution is -2.42. The molecule has 3 nitrogen and oxygen atoms in total. The first-order valence-corrected chi connectivity index (χ1v) is 6.12. The van der Waals surface area contributed by atoms with E-state index < -0.39 is 0 Å². The van der Waals surface area contributed by atoms with E-state index in [1.807, 2.05) is 0 Å². The molecule has 1 saturated heterocycles. The first kappa shape index (κ1) is 11.4. The van der Waals surface area contributed by atoms with Crippen LogP contribution in [0, 0.1) is 0 Å². The van der Waals surface area contributed by atoms with Gasteiger partial charge in [0.15, 0.2) is 5.76 Å². The summed E-state index contributed by atoms with van der Waals surface area (Å²) in [6.07, 6.45) is 6.42. The van der Waals surface area contributed by atoms with Gasteiger partial charge in [-0.05, 0) is 37.9 Å². The maximum absolute atomic E-state index is 11.9. The molecule has 1 unspecified atom stereocenters. The molecule has 0 N–H and O–H groups in total. The Hall–Kier alpha value is -1.09. The minimum Gasteiger partial charge on any atom is -0.461 e. The van der Waals surface area contributed by atoms with Gasteiger partial charge in [-0.2, -0.15) is 0 Å². The first-order chi connectivity index (χ1) is 7.81. The SMILES string of the molecule is CCC1CCCCN1CC(=O)c1ccco1. The Morgan fingerprint density at radius 2 is 2.44 bits per heavy atom. The average Bonchev–Trinajstić information content (AvgIpc) is 2.83. The fourth-order valence-electron chi connectivity index (χ4n) is 2.43. The van der Waals surface area contributed by atoms with Crippen molar-refractivity contribution in [3.63, 3.8) is 0 Å². The molecular weight excluding hydrogens is 202 g/mol. The molecule has 1 aliphatic heterocycles. The number of Topliss-reactive ketones (excluding diaryl/α,β-unsaturated/α-hetero) is 1. The molecule has 3 heteroatoms. The van der Waals surface area contributed by atoms with E-state index >= 15 is 0 Å². The number of hydrogen-bond donors (Lipinski definition) is 0. The summed E-state index contributed by atoms with van der Waals surface area (Å²) in [7, 11) is 0. The molecule has 1 aliphatic rings. The summed E-state index contributed by atoms with van der Waals surface area (Å²) < 4.78 is 5.13. The van der Waals surface area contributed by atoms with Gasteiger partial charge in [-0.15, -0.1) is 0 Å². The number of furan rings is 1. The van der Waals surface area contributed by atoms with Crippen molar-refractivity contribution in [1.29, 1.82) is 0 Å². The van der Waals surface area contributed by atoms with Crippen LogP contribution in [0.3, 0.4) is 0 Å². The number of carbonyl (C=O) groups excluding carboxylic acids is 1. The minimum atomic E-state index is 0.102. The molecule has 0 spiro atoms. The standard InChI is InChI=1S/C13H19NO2/c1-2-11-6-3-4-8-14(11)10-12(15)13-7-5-9-16-13/h5,7,9,11H,2-4,6,8,10H2,1H3. The maximum Gasteiger partial charge on any atom is 0.211 e. The van der Waals surface area contributed by atoms with Crippen molar-refractivity contribution in [3.05, 3.63) is 24.2 Å². The summed E-state index contributed by atoms with van der Waals surface area (Å²) in [5, 5.41) is 0. The number of rotatable bonds is 4. The van der Waals surface area contributed by atoms with E-state index in [2.05, 4.69) is 11.8 Å². The zero-order valence-corrected chi connectivity index (χ0v) is 9.82. The number of likely N-dealkylation sites (tertiary alicyclic amines) is 1. The summed E-state index contributed by atoms with van der Waals surface area (Å²) in [6.45, 7) is 3.75. The molecule has 0 saturated carbocycles. The van der Waals surface area contributed by atoms with E-state index in [9.17, 15) is 4.79 Å². The van der Waals surface area contributed by atoms with Gasteiger partial charge in [0.1, 0.15) is 0 Å². The average molecular weight is 221 g/mol. The highest BCUT2D eigenvalue weighted by Gasteiger charge is 2.23. The van der Waals surface area contributed by atoms with Crippen molar-refractivity contribution in [2.75, 3.05) is 13.1 Å². The second-order valence-corrected chi connectivity index (χ2v) is 4.43. The number of nitrogens with zero attached hydrogens (tertiary/aromatic N) is 1. The normalized spacial score (nSPS) is 22.2. The lowest BCUT2D eigenvalue weighted by Gasteiger charge is -2.34. The van der Waals surface area contributed by atoms with E-state index in [-0.39, 0.29) is 5.78 Å². The van der Waals surface area contributed by atoms with Gasteiger partial charge < -0.3 is 4.42 Å². The Morgan fingerprint density at radius 3 is 3.12 bits per heavy atom. The largest absolute Gasteiger partial charge is 0.461 e. The fraction of sp³-hybridized carbons (Fsp3) is 0.615. The van der Waals surface area contributed by atoms with E-state index in [1.165, 1.54) is 19.3 Å². The van der Waals surface area contributed by atoms with E-state index in [0.29, 0.717) is 18.3 Å². The smallest absolute Gasteiger partial charge is 0.211 e. The third kappa shape index (κ3) is 2.53. The summed E-state index contributed by atoms with van der Waals surface area (Å²) >= 11 is 0. The molecule has 0 bridgehead atoms. The number of hydrogen-bond acceptors (Lipinski definition) is 3. The third-order valence-corrected chi connectivity index (χ3v) is 3.36. The second-order valence-electron chi connectivity index (χ2n) is 4.43. The van der Waals surface area contributed by atoms with Gasteiger partial charge in [0.25, 0.3) is 0 Å². The molecule has 88 valence electrons. The van der Waals surface area contributed by atoms with Crippen LogP contribution >= 0.6 is 0 Å². The Morgan fingerprint density at radius 1 is 1.56 bits per heavy atom. The molecule has 0 amide bonds. The molecule has 0 aliphatic carbocycles. The predicted molar refractivity (Wildman–Crippen MR) is 62.5 cm³/mol. The van der Waals surface area contributed by atoms with Crippen LogP contribution in [0.2, 0.25) is 0 Å². The van der Waals surface area contributed by atoms with Crippen molar-refractivity contribution < 1.29 is 9.21 Å². The van der Waals surface area contributed by atoms with E-state index in [4.69, 9.17) is 4.42 Å². The Balaban J connectivity index is 1.95. The van der Waals surface area contributed by atoms with Gasteiger partial charge in [-0.1, -0.05) is 13.3 Å². The Labute approximate surface area is 96.4 Å². The molecular formula is C13H19NO2. The van der Waals surface area contributed by atoms with Crippen molar-refractivity contribution >= 4 is 5.78 Å². The van der Waals surface area contributed by atoms with Crippen LogP contribution in [0.1, 0.15) is 43.2 Å². The van der Waals surface area contributed by atoms with Gasteiger partial charge in [0, 0.05) is 6.04 Å². The van der Waals surface area contributed by atoms with Crippen LogP contribution in [0.4, 0.5) is 0 Å². The summed E-state index contributed by atoms with van der Waals surface area (Å²) in [5.41, 5.74) is 0. The first-order valence-electron chi connectivity index (χ1n) is 6.12. The van der Waals surface area contributed by atoms with Crippen molar-refractivity contribution in [3.8, 4) is 0 Å². The fourth-order valence-corrected chi connectivity index (χ4v) is 2.43. The molecule has 16 heavy (non-hydrogen) atoms. The second kappa shape index (κ2) is 5.30. The van der Waals surface area contributed by atoms with Crippen LogP contribution in [0.25, 0.3) is 0 Å². The molecule has 1 fully saturated rings. The topological polar surface area (TPSA) is 33.5 Å². The zero-order chi connectivity index (χ0) is 11.4. The van der Waals surface area contributed by atoms with Crippen LogP contribution in [0.15, 0.2) is 22.8 Å². The van der Waals surface area contributed by atoms with Crippen LogP contribution in [-0.4, -0.2) is 29.8 Å². The quantitative estimate of drug-likeness (QED) is 0.733. The number of carbonyl (C=O) groups is 1. The highest BCUT2D eigenvalue weighted by molar-refractivity contribution is 5.95. The maximum atomic E-state index is 11.9. The highest BCUT2D eigenvalue weighted by atomic mass is 16.3. The van der Waals surface area contributed by atoms with Crippen molar-refractivity contribution in [2.24, 2.45) is 0 Å². The van der Waals surface area contributed by atoms with Gasteiger partial charge in [0.2, 0.25) is 5.78 Å². The lowest BCUT2D eigenvalue weighted by atomic mass is 9.99.